The Hall–Kier alpha value is -1.61. The number of carbonyl (C=O) groups is 1. The molecule has 0 spiro atoms. The second-order valence-corrected chi connectivity index (χ2v) is 6.27. The normalized spacial score (nSPS) is 18.8. The van der Waals surface area contributed by atoms with Crippen LogP contribution in [0.3, 0.4) is 0 Å². The fourth-order valence-electron chi connectivity index (χ4n) is 2.72. The van der Waals surface area contributed by atoms with Crippen LogP contribution in [0.5, 0.6) is 0 Å². The summed E-state index contributed by atoms with van der Waals surface area (Å²) in [6.45, 7) is 2.91. The number of rotatable bonds is 2. The van der Waals surface area contributed by atoms with Gasteiger partial charge in [0.15, 0.2) is 0 Å². The van der Waals surface area contributed by atoms with Crippen LogP contribution in [0, 0.1) is 6.92 Å². The topological polar surface area (TPSA) is 20.3 Å². The van der Waals surface area contributed by atoms with Crippen molar-refractivity contribution in [1.29, 1.82) is 0 Å². The molecule has 0 saturated carbocycles. The van der Waals surface area contributed by atoms with Crippen molar-refractivity contribution in [2.24, 2.45) is 0 Å². The smallest absolute Gasteiger partial charge is 0.264 e. The number of hydrogen-bond acceptors (Lipinski definition) is 2. The molecule has 0 radical (unpaired) electrons. The lowest BCUT2D eigenvalue weighted by molar-refractivity contribution is 0.0740. The van der Waals surface area contributed by atoms with Crippen LogP contribution in [0.15, 0.2) is 42.5 Å². The van der Waals surface area contributed by atoms with Crippen molar-refractivity contribution in [3.05, 3.63) is 57.8 Å². The van der Waals surface area contributed by atoms with E-state index in [9.17, 15) is 4.79 Å². The molecule has 1 amide bonds. The Balaban J connectivity index is 1.86. The lowest BCUT2D eigenvalue weighted by Gasteiger charge is -2.24. The fraction of sp³-hybridized carbons (Fsp3) is 0.312. The first-order valence-corrected chi connectivity index (χ1v) is 7.50. The molecule has 2 heterocycles. The summed E-state index contributed by atoms with van der Waals surface area (Å²) in [5.41, 5.74) is 1.25. The molecule has 1 saturated heterocycles. The van der Waals surface area contributed by atoms with Crippen LogP contribution in [-0.2, 0) is 0 Å². The van der Waals surface area contributed by atoms with Gasteiger partial charge in [-0.2, -0.15) is 0 Å². The third-order valence-corrected chi connectivity index (χ3v) is 4.64. The highest BCUT2D eigenvalue weighted by atomic mass is 32.1. The van der Waals surface area contributed by atoms with E-state index in [-0.39, 0.29) is 11.9 Å². The Morgan fingerprint density at radius 2 is 2.00 bits per heavy atom. The first kappa shape index (κ1) is 12.4. The van der Waals surface area contributed by atoms with Gasteiger partial charge in [-0.1, -0.05) is 30.3 Å². The Bertz CT molecular complexity index is 575. The van der Waals surface area contributed by atoms with Gasteiger partial charge in [0, 0.05) is 11.4 Å². The van der Waals surface area contributed by atoms with Crippen molar-refractivity contribution < 1.29 is 4.79 Å². The molecular formula is C16H17NOS. The Morgan fingerprint density at radius 1 is 1.21 bits per heavy atom. The lowest BCUT2D eigenvalue weighted by atomic mass is 10.0. The minimum absolute atomic E-state index is 0.185. The van der Waals surface area contributed by atoms with Gasteiger partial charge in [0.2, 0.25) is 0 Å². The Morgan fingerprint density at radius 3 is 2.68 bits per heavy atom. The van der Waals surface area contributed by atoms with Crippen LogP contribution >= 0.6 is 11.3 Å². The van der Waals surface area contributed by atoms with Crippen molar-refractivity contribution in [3.8, 4) is 0 Å². The predicted octanol–water partition coefficient (Wildman–Crippen LogP) is 4.03. The summed E-state index contributed by atoms with van der Waals surface area (Å²) in [6, 6.07) is 14.6. The molecule has 1 fully saturated rings. The molecule has 0 N–H and O–H groups in total. The van der Waals surface area contributed by atoms with Gasteiger partial charge in [0.25, 0.3) is 5.91 Å². The maximum absolute atomic E-state index is 12.6. The quantitative estimate of drug-likeness (QED) is 0.807. The van der Waals surface area contributed by atoms with Crippen LogP contribution in [0.1, 0.15) is 39.0 Å². The van der Waals surface area contributed by atoms with Crippen LogP contribution in [0.25, 0.3) is 0 Å². The molecule has 1 aromatic carbocycles. The van der Waals surface area contributed by atoms with E-state index in [2.05, 4.69) is 12.1 Å². The van der Waals surface area contributed by atoms with Crippen LogP contribution < -0.4 is 0 Å². The summed E-state index contributed by atoms with van der Waals surface area (Å²) < 4.78 is 0. The maximum atomic E-state index is 12.6. The molecule has 0 aliphatic carbocycles. The largest absolute Gasteiger partial charge is 0.331 e. The van der Waals surface area contributed by atoms with Gasteiger partial charge in [-0.15, -0.1) is 11.3 Å². The fourth-order valence-corrected chi connectivity index (χ4v) is 3.55. The Kier molecular flexibility index (Phi) is 3.38. The van der Waals surface area contributed by atoms with Crippen molar-refractivity contribution in [2.75, 3.05) is 6.54 Å². The highest BCUT2D eigenvalue weighted by molar-refractivity contribution is 7.13. The van der Waals surface area contributed by atoms with Crippen molar-refractivity contribution in [1.82, 2.24) is 4.90 Å². The molecule has 3 heteroatoms. The monoisotopic (exact) mass is 271 g/mol. The minimum Gasteiger partial charge on any atom is -0.331 e. The summed E-state index contributed by atoms with van der Waals surface area (Å²) in [4.78, 5) is 16.7. The number of benzene rings is 1. The van der Waals surface area contributed by atoms with E-state index in [0.29, 0.717) is 0 Å². The van der Waals surface area contributed by atoms with Crippen LogP contribution in [0.4, 0.5) is 0 Å². The molecule has 98 valence electrons. The van der Waals surface area contributed by atoms with E-state index in [1.807, 2.05) is 42.2 Å². The van der Waals surface area contributed by atoms with E-state index >= 15 is 0 Å². The molecular weight excluding hydrogens is 254 g/mol. The molecule has 1 unspecified atom stereocenters. The van der Waals surface area contributed by atoms with E-state index in [4.69, 9.17) is 0 Å². The molecule has 1 aromatic heterocycles. The molecule has 3 rings (SSSR count). The number of aryl methyl sites for hydroxylation is 1. The zero-order valence-corrected chi connectivity index (χ0v) is 11.8. The maximum Gasteiger partial charge on any atom is 0.264 e. The van der Waals surface area contributed by atoms with Crippen LogP contribution in [-0.4, -0.2) is 17.4 Å². The van der Waals surface area contributed by atoms with Gasteiger partial charge in [-0.25, -0.2) is 0 Å². The van der Waals surface area contributed by atoms with E-state index in [0.717, 1.165) is 24.3 Å². The molecule has 19 heavy (non-hydrogen) atoms. The number of amides is 1. The average Bonchev–Trinajstić information content (AvgIpc) is 3.07. The van der Waals surface area contributed by atoms with Gasteiger partial charge in [-0.05, 0) is 37.5 Å². The predicted molar refractivity (Wildman–Crippen MR) is 78.5 cm³/mol. The third-order valence-electron chi connectivity index (χ3n) is 3.65. The van der Waals surface area contributed by atoms with Gasteiger partial charge >= 0.3 is 0 Å². The van der Waals surface area contributed by atoms with Gasteiger partial charge < -0.3 is 4.90 Å². The molecule has 1 aliphatic heterocycles. The van der Waals surface area contributed by atoms with E-state index in [1.165, 1.54) is 10.4 Å². The van der Waals surface area contributed by atoms with Crippen molar-refractivity contribution >= 4 is 17.2 Å². The SMILES string of the molecule is Cc1ccc(C(=O)N2CCCC2c2ccccc2)s1. The van der Waals surface area contributed by atoms with Crippen LogP contribution in [0.2, 0.25) is 0 Å². The summed E-state index contributed by atoms with van der Waals surface area (Å²) in [5, 5.41) is 0. The van der Waals surface area contributed by atoms with E-state index in [1.54, 1.807) is 11.3 Å². The standard InChI is InChI=1S/C16H17NOS/c1-12-9-10-15(19-12)16(18)17-11-5-8-14(17)13-6-3-2-4-7-13/h2-4,6-7,9-10,14H,5,8,11H2,1H3. The summed E-state index contributed by atoms with van der Waals surface area (Å²) >= 11 is 1.59. The van der Waals surface area contributed by atoms with Crippen molar-refractivity contribution in [2.45, 2.75) is 25.8 Å². The average molecular weight is 271 g/mol. The first-order valence-electron chi connectivity index (χ1n) is 6.68. The van der Waals surface area contributed by atoms with Gasteiger partial charge in [-0.3, -0.25) is 4.79 Å². The van der Waals surface area contributed by atoms with Gasteiger partial charge in [0.05, 0.1) is 10.9 Å². The lowest BCUT2D eigenvalue weighted by Crippen LogP contribution is -2.29. The summed E-state index contributed by atoms with van der Waals surface area (Å²) in [5.74, 6) is 0.185. The zero-order valence-electron chi connectivity index (χ0n) is 11.0. The molecule has 1 atom stereocenters. The zero-order chi connectivity index (χ0) is 13.2. The van der Waals surface area contributed by atoms with E-state index < -0.39 is 0 Å². The molecule has 2 aromatic rings. The highest BCUT2D eigenvalue weighted by Gasteiger charge is 2.30. The number of hydrogen-bond donors (Lipinski definition) is 0. The number of nitrogens with zero attached hydrogens (tertiary/aromatic N) is 1. The van der Waals surface area contributed by atoms with Gasteiger partial charge in [0.1, 0.15) is 0 Å². The highest BCUT2D eigenvalue weighted by Crippen LogP contribution is 2.33. The second kappa shape index (κ2) is 5.17. The molecule has 1 aliphatic rings. The summed E-state index contributed by atoms with van der Waals surface area (Å²) in [7, 11) is 0. The van der Waals surface area contributed by atoms with Crippen molar-refractivity contribution in [3.63, 3.8) is 0 Å². The third kappa shape index (κ3) is 2.43. The number of carbonyl (C=O) groups excluding carboxylic acids is 1. The first-order chi connectivity index (χ1) is 9.25. The molecule has 2 nitrogen and oxygen atoms in total. The Labute approximate surface area is 117 Å². The summed E-state index contributed by atoms with van der Waals surface area (Å²) in [6.07, 6.45) is 2.16. The molecule has 0 bridgehead atoms. The second-order valence-electron chi connectivity index (χ2n) is 4.98. The number of thiophene rings is 1. The minimum atomic E-state index is 0.185. The number of likely N-dealkylation sites (tertiary alicyclic amines) is 1.